The first-order valence-electron chi connectivity index (χ1n) is 9.63. The highest BCUT2D eigenvalue weighted by molar-refractivity contribution is 6.30. The van der Waals surface area contributed by atoms with Gasteiger partial charge in [-0.3, -0.25) is 14.4 Å². The van der Waals surface area contributed by atoms with Gasteiger partial charge in [-0.2, -0.15) is 9.78 Å². The zero-order valence-corrected chi connectivity index (χ0v) is 17.1. The minimum atomic E-state index is -0.435. The van der Waals surface area contributed by atoms with Crippen molar-refractivity contribution in [2.75, 3.05) is 26.2 Å². The zero-order valence-electron chi connectivity index (χ0n) is 16.4. The van der Waals surface area contributed by atoms with Crippen molar-refractivity contribution in [3.05, 3.63) is 93.1 Å². The van der Waals surface area contributed by atoms with Gasteiger partial charge in [0.15, 0.2) is 0 Å². The molecule has 0 aliphatic carbocycles. The molecule has 0 spiro atoms. The molecule has 7 nitrogen and oxygen atoms in total. The van der Waals surface area contributed by atoms with E-state index in [-0.39, 0.29) is 17.5 Å². The van der Waals surface area contributed by atoms with E-state index in [1.807, 2.05) is 0 Å². The highest BCUT2D eigenvalue weighted by Gasteiger charge is 2.26. The summed E-state index contributed by atoms with van der Waals surface area (Å²) in [6, 6.07) is 14.6. The Hall–Kier alpha value is -3.52. The largest absolute Gasteiger partial charge is 0.335 e. The van der Waals surface area contributed by atoms with E-state index in [0.717, 1.165) is 4.68 Å². The minimum Gasteiger partial charge on any atom is -0.335 e. The third-order valence-corrected chi connectivity index (χ3v) is 5.29. The quantitative estimate of drug-likeness (QED) is 0.627. The van der Waals surface area contributed by atoms with E-state index in [1.165, 1.54) is 36.4 Å². The molecule has 31 heavy (non-hydrogen) atoms. The van der Waals surface area contributed by atoms with Crippen LogP contribution in [0.4, 0.5) is 4.39 Å². The second kappa shape index (κ2) is 8.69. The van der Waals surface area contributed by atoms with Gasteiger partial charge in [0.1, 0.15) is 11.5 Å². The van der Waals surface area contributed by atoms with Crippen molar-refractivity contribution in [3.63, 3.8) is 0 Å². The summed E-state index contributed by atoms with van der Waals surface area (Å²) in [7, 11) is 0. The molecule has 2 heterocycles. The minimum absolute atomic E-state index is 0.0985. The molecule has 1 aromatic heterocycles. The topological polar surface area (TPSA) is 75.5 Å². The lowest BCUT2D eigenvalue weighted by Gasteiger charge is -2.34. The molecule has 0 atom stereocenters. The normalized spacial score (nSPS) is 13.9. The third kappa shape index (κ3) is 4.49. The maximum atomic E-state index is 13.2. The Morgan fingerprint density at radius 3 is 2.00 bits per heavy atom. The molecule has 3 aromatic rings. The predicted molar refractivity (Wildman–Crippen MR) is 113 cm³/mol. The second-order valence-corrected chi connectivity index (χ2v) is 7.47. The molecule has 2 amide bonds. The van der Waals surface area contributed by atoms with Gasteiger partial charge in [-0.15, -0.1) is 0 Å². The number of aromatic nitrogens is 2. The van der Waals surface area contributed by atoms with Crippen LogP contribution in [-0.2, 0) is 0 Å². The van der Waals surface area contributed by atoms with Crippen molar-refractivity contribution in [1.82, 2.24) is 19.6 Å². The van der Waals surface area contributed by atoms with Gasteiger partial charge in [-0.25, -0.2) is 4.39 Å². The van der Waals surface area contributed by atoms with E-state index in [0.29, 0.717) is 42.5 Å². The van der Waals surface area contributed by atoms with Crippen LogP contribution >= 0.6 is 11.6 Å². The van der Waals surface area contributed by atoms with Gasteiger partial charge < -0.3 is 9.80 Å². The zero-order chi connectivity index (χ0) is 22.0. The van der Waals surface area contributed by atoms with Crippen LogP contribution in [0.15, 0.2) is 65.5 Å². The van der Waals surface area contributed by atoms with Crippen molar-refractivity contribution >= 4 is 23.4 Å². The summed E-state index contributed by atoms with van der Waals surface area (Å²) < 4.78 is 14.2. The number of amides is 2. The average molecular weight is 441 g/mol. The first-order valence-corrected chi connectivity index (χ1v) is 10.0. The molecule has 2 aromatic carbocycles. The van der Waals surface area contributed by atoms with E-state index < -0.39 is 11.4 Å². The van der Waals surface area contributed by atoms with Gasteiger partial charge in [0.2, 0.25) is 0 Å². The molecule has 0 N–H and O–H groups in total. The van der Waals surface area contributed by atoms with Crippen molar-refractivity contribution in [1.29, 1.82) is 0 Å². The maximum Gasteiger partial charge on any atom is 0.274 e. The van der Waals surface area contributed by atoms with Crippen LogP contribution in [-0.4, -0.2) is 57.6 Å². The number of benzene rings is 2. The summed E-state index contributed by atoms with van der Waals surface area (Å²) in [6.07, 6.45) is 0. The van der Waals surface area contributed by atoms with E-state index in [2.05, 4.69) is 5.10 Å². The van der Waals surface area contributed by atoms with Gasteiger partial charge in [-0.1, -0.05) is 11.6 Å². The number of piperazine rings is 1. The Labute approximate surface area is 182 Å². The van der Waals surface area contributed by atoms with E-state index in [1.54, 1.807) is 34.1 Å². The standard InChI is InChI=1S/C22H18ClFN4O3/c23-16-3-1-15(2-4-16)21(30)26-11-13-27(14-12-26)22(31)19-9-10-20(29)28(25-19)18-7-5-17(24)6-8-18/h1-10H,11-14H2. The molecule has 1 aliphatic heterocycles. The monoisotopic (exact) mass is 440 g/mol. The molecule has 0 radical (unpaired) electrons. The van der Waals surface area contributed by atoms with E-state index in [4.69, 9.17) is 11.6 Å². The molecule has 0 saturated carbocycles. The molecule has 1 fully saturated rings. The molecule has 1 saturated heterocycles. The second-order valence-electron chi connectivity index (χ2n) is 7.04. The van der Waals surface area contributed by atoms with Gasteiger partial charge in [0.25, 0.3) is 17.4 Å². The molecule has 1 aliphatic rings. The lowest BCUT2D eigenvalue weighted by molar-refractivity contribution is 0.0531. The number of carbonyl (C=O) groups excluding carboxylic acids is 2. The fourth-order valence-electron chi connectivity index (χ4n) is 3.34. The fraction of sp³-hybridized carbons (Fsp3) is 0.182. The third-order valence-electron chi connectivity index (χ3n) is 5.04. The summed E-state index contributed by atoms with van der Waals surface area (Å²) in [6.45, 7) is 1.45. The number of hydrogen-bond donors (Lipinski definition) is 0. The molecule has 0 bridgehead atoms. The van der Waals surface area contributed by atoms with Gasteiger partial charge in [0, 0.05) is 42.8 Å². The SMILES string of the molecule is O=C(c1ccc(Cl)cc1)N1CCN(C(=O)c2ccc(=O)n(-c3ccc(F)cc3)n2)CC1. The lowest BCUT2D eigenvalue weighted by atomic mass is 10.2. The Kier molecular flexibility index (Phi) is 5.81. The number of hydrogen-bond acceptors (Lipinski definition) is 4. The summed E-state index contributed by atoms with van der Waals surface area (Å²) in [5, 5.41) is 4.71. The average Bonchev–Trinajstić information content (AvgIpc) is 2.80. The van der Waals surface area contributed by atoms with Crippen LogP contribution in [0.1, 0.15) is 20.8 Å². The molecule has 0 unspecified atom stereocenters. The number of carbonyl (C=O) groups is 2. The molecular weight excluding hydrogens is 423 g/mol. The lowest BCUT2D eigenvalue weighted by Crippen LogP contribution is -2.50. The molecule has 9 heteroatoms. The number of rotatable bonds is 3. The Bertz CT molecular complexity index is 1170. The van der Waals surface area contributed by atoms with E-state index in [9.17, 15) is 18.8 Å². The first kappa shape index (κ1) is 20.7. The van der Waals surface area contributed by atoms with Crippen molar-refractivity contribution in [2.24, 2.45) is 0 Å². The van der Waals surface area contributed by atoms with Gasteiger partial charge in [-0.05, 0) is 54.6 Å². The van der Waals surface area contributed by atoms with E-state index >= 15 is 0 Å². The maximum absolute atomic E-state index is 13.2. The van der Waals surface area contributed by atoms with Crippen molar-refractivity contribution < 1.29 is 14.0 Å². The van der Waals surface area contributed by atoms with Crippen LogP contribution in [0, 0.1) is 5.82 Å². The van der Waals surface area contributed by atoms with Gasteiger partial charge >= 0.3 is 0 Å². The predicted octanol–water partition coefficient (Wildman–Crippen LogP) is 2.62. The van der Waals surface area contributed by atoms with Crippen molar-refractivity contribution in [2.45, 2.75) is 0 Å². The summed E-state index contributed by atoms with van der Waals surface area (Å²) in [4.78, 5) is 41.0. The number of halogens is 2. The van der Waals surface area contributed by atoms with Crippen LogP contribution in [0.25, 0.3) is 5.69 Å². The smallest absolute Gasteiger partial charge is 0.274 e. The molecule has 158 valence electrons. The van der Waals surface area contributed by atoms with Gasteiger partial charge in [0.05, 0.1) is 5.69 Å². The highest BCUT2D eigenvalue weighted by Crippen LogP contribution is 2.14. The molecule has 4 rings (SSSR count). The summed E-state index contributed by atoms with van der Waals surface area (Å²) >= 11 is 5.87. The fourth-order valence-corrected chi connectivity index (χ4v) is 3.47. The first-order chi connectivity index (χ1) is 14.9. The molecular formula is C22H18ClFN4O3. The van der Waals surface area contributed by atoms with Crippen LogP contribution < -0.4 is 5.56 Å². The Balaban J connectivity index is 1.46. The Morgan fingerprint density at radius 2 is 1.39 bits per heavy atom. The van der Waals surface area contributed by atoms with Crippen LogP contribution in [0.2, 0.25) is 5.02 Å². The summed E-state index contributed by atoms with van der Waals surface area (Å²) in [5.41, 5.74) is 0.569. The highest BCUT2D eigenvalue weighted by atomic mass is 35.5. The number of nitrogens with zero attached hydrogens (tertiary/aromatic N) is 4. The van der Waals surface area contributed by atoms with Crippen molar-refractivity contribution in [3.8, 4) is 5.69 Å². The summed E-state index contributed by atoms with van der Waals surface area (Å²) in [5.74, 6) is -0.892. The Morgan fingerprint density at radius 1 is 0.806 bits per heavy atom. The van der Waals surface area contributed by atoms with Crippen LogP contribution in [0.3, 0.4) is 0 Å². The van der Waals surface area contributed by atoms with Crippen LogP contribution in [0.5, 0.6) is 0 Å².